The van der Waals surface area contributed by atoms with Crippen LogP contribution in [0.2, 0.25) is 0 Å². The van der Waals surface area contributed by atoms with Gasteiger partial charge in [0.25, 0.3) is 11.8 Å². The molecule has 26 heavy (non-hydrogen) atoms. The molecule has 5 nitrogen and oxygen atoms in total. The molecular weight excluding hydrogens is 414 g/mol. The fourth-order valence-corrected chi connectivity index (χ4v) is 5.10. The summed E-state index contributed by atoms with van der Waals surface area (Å²) in [5, 5.41) is 0.749. The van der Waals surface area contributed by atoms with Gasteiger partial charge in [-0.15, -0.1) is 0 Å². The number of amidine groups is 1. The van der Waals surface area contributed by atoms with Crippen molar-refractivity contribution in [1.29, 1.82) is 0 Å². The van der Waals surface area contributed by atoms with Crippen molar-refractivity contribution >= 4 is 55.9 Å². The molecule has 7 heteroatoms. The van der Waals surface area contributed by atoms with Crippen molar-refractivity contribution in [3.8, 4) is 0 Å². The Bertz CT molecular complexity index is 841. The van der Waals surface area contributed by atoms with Gasteiger partial charge in [-0.3, -0.25) is 9.59 Å². The third-order valence-corrected chi connectivity index (χ3v) is 6.59. The molecule has 2 amide bonds. The number of benzene rings is 1. The minimum atomic E-state index is -0.290. The van der Waals surface area contributed by atoms with Gasteiger partial charge >= 0.3 is 0 Å². The van der Waals surface area contributed by atoms with Gasteiger partial charge in [0.2, 0.25) is 0 Å². The molecule has 0 radical (unpaired) electrons. The molecular formula is C19H20BrN3O2S. The number of likely N-dealkylation sites (tertiary alicyclic amines) is 1. The smallest absolute Gasteiger partial charge is 0.287 e. The Morgan fingerprint density at radius 3 is 2.58 bits per heavy atom. The summed E-state index contributed by atoms with van der Waals surface area (Å²) in [7, 11) is 0. The SMILES string of the molecule is CCN1C(=O)/C(=C2\SC(N3CCCCCC3)=NC2=O)c2cc(Br)ccc21. The van der Waals surface area contributed by atoms with Crippen molar-refractivity contribution in [3.05, 3.63) is 33.1 Å². The standard InChI is InChI=1S/C19H20BrN3O2S/c1-2-23-14-8-7-12(20)11-13(14)15(18(23)25)16-17(24)21-19(26-16)22-9-5-3-4-6-10-22/h7-8,11H,2-6,9-10H2,1H3/b16-15-. The molecule has 0 spiro atoms. The molecule has 4 rings (SSSR count). The molecule has 3 aliphatic rings. The first kappa shape index (κ1) is 17.8. The third kappa shape index (κ3) is 3.01. The molecule has 0 atom stereocenters. The molecule has 3 heterocycles. The average molecular weight is 434 g/mol. The van der Waals surface area contributed by atoms with Gasteiger partial charge in [0, 0.05) is 29.7 Å². The average Bonchev–Trinajstić information content (AvgIpc) is 2.98. The number of thioether (sulfide) groups is 1. The molecule has 136 valence electrons. The van der Waals surface area contributed by atoms with Gasteiger partial charge < -0.3 is 9.80 Å². The summed E-state index contributed by atoms with van der Waals surface area (Å²) in [6.07, 6.45) is 4.69. The van der Waals surface area contributed by atoms with Crippen LogP contribution in [0.3, 0.4) is 0 Å². The molecule has 0 aromatic heterocycles. The van der Waals surface area contributed by atoms with E-state index in [1.165, 1.54) is 24.6 Å². The normalized spacial score (nSPS) is 23.4. The van der Waals surface area contributed by atoms with Crippen molar-refractivity contribution in [2.45, 2.75) is 32.6 Å². The zero-order chi connectivity index (χ0) is 18.3. The largest absolute Gasteiger partial charge is 0.351 e. The number of carbonyl (C=O) groups excluding carboxylic acids is 2. The first-order valence-corrected chi connectivity index (χ1v) is 10.6. The van der Waals surface area contributed by atoms with E-state index in [-0.39, 0.29) is 11.8 Å². The molecule has 3 aliphatic heterocycles. The second kappa shape index (κ2) is 7.19. The minimum Gasteiger partial charge on any atom is -0.351 e. The number of halogens is 1. The maximum absolute atomic E-state index is 13.0. The molecule has 1 aromatic carbocycles. The summed E-state index contributed by atoms with van der Waals surface area (Å²) in [6.45, 7) is 4.38. The Kier molecular flexibility index (Phi) is 4.92. The predicted octanol–water partition coefficient (Wildman–Crippen LogP) is 4.03. The monoisotopic (exact) mass is 433 g/mol. The third-order valence-electron chi connectivity index (χ3n) is 4.98. The Hall–Kier alpha value is -1.60. The number of rotatable bonds is 1. The molecule has 0 aliphatic carbocycles. The van der Waals surface area contributed by atoms with Crippen molar-refractivity contribution in [3.63, 3.8) is 0 Å². The van der Waals surface area contributed by atoms with Gasteiger partial charge in [0.15, 0.2) is 5.17 Å². The van der Waals surface area contributed by atoms with Gasteiger partial charge in [0.05, 0.1) is 16.2 Å². The molecule has 0 unspecified atom stereocenters. The summed E-state index contributed by atoms with van der Waals surface area (Å²) >= 11 is 4.84. The minimum absolute atomic E-state index is 0.108. The zero-order valence-corrected chi connectivity index (χ0v) is 17.0. The van der Waals surface area contributed by atoms with Crippen LogP contribution in [0.4, 0.5) is 5.69 Å². The van der Waals surface area contributed by atoms with Crippen molar-refractivity contribution < 1.29 is 9.59 Å². The summed E-state index contributed by atoms with van der Waals surface area (Å²) in [4.78, 5) is 34.3. The number of aliphatic imine (C=N–C) groups is 1. The maximum atomic E-state index is 13.0. The lowest BCUT2D eigenvalue weighted by atomic mass is 10.1. The van der Waals surface area contributed by atoms with Crippen LogP contribution in [0, 0.1) is 0 Å². The highest BCUT2D eigenvalue weighted by Gasteiger charge is 2.39. The number of carbonyl (C=O) groups is 2. The lowest BCUT2D eigenvalue weighted by molar-refractivity contribution is -0.115. The Labute approximate surface area is 165 Å². The zero-order valence-electron chi connectivity index (χ0n) is 14.6. The highest BCUT2D eigenvalue weighted by Crippen LogP contribution is 2.44. The van der Waals surface area contributed by atoms with Gasteiger partial charge in [-0.05, 0) is 49.7 Å². The Morgan fingerprint density at radius 2 is 1.88 bits per heavy atom. The summed E-state index contributed by atoms with van der Waals surface area (Å²) in [6, 6.07) is 5.77. The fraction of sp³-hybridized carbons (Fsp3) is 0.421. The van der Waals surface area contributed by atoms with Crippen LogP contribution in [0.25, 0.3) is 5.57 Å². The number of hydrogen-bond acceptors (Lipinski definition) is 4. The van der Waals surface area contributed by atoms with E-state index in [9.17, 15) is 9.59 Å². The van der Waals surface area contributed by atoms with E-state index in [1.54, 1.807) is 4.90 Å². The predicted molar refractivity (Wildman–Crippen MR) is 109 cm³/mol. The quantitative estimate of drug-likeness (QED) is 0.627. The van der Waals surface area contributed by atoms with E-state index in [4.69, 9.17) is 0 Å². The lowest BCUT2D eigenvalue weighted by Gasteiger charge is -2.20. The number of likely N-dealkylation sites (N-methyl/N-ethyl adjacent to an activating group) is 1. The van der Waals surface area contributed by atoms with Crippen LogP contribution in [0.15, 0.2) is 32.6 Å². The van der Waals surface area contributed by atoms with Gasteiger partial charge in [-0.1, -0.05) is 28.8 Å². The van der Waals surface area contributed by atoms with E-state index in [1.807, 2.05) is 25.1 Å². The highest BCUT2D eigenvalue weighted by molar-refractivity contribution is 9.10. The lowest BCUT2D eigenvalue weighted by Crippen LogP contribution is -2.28. The molecule has 1 saturated heterocycles. The number of fused-ring (bicyclic) bond motifs is 1. The first-order chi connectivity index (χ1) is 12.6. The number of anilines is 1. The van der Waals surface area contributed by atoms with E-state index < -0.39 is 0 Å². The Balaban J connectivity index is 1.72. The van der Waals surface area contributed by atoms with Gasteiger partial charge in [-0.25, -0.2) is 0 Å². The molecule has 1 aromatic rings. The maximum Gasteiger partial charge on any atom is 0.287 e. The number of hydrogen-bond donors (Lipinski definition) is 0. The van der Waals surface area contributed by atoms with Crippen molar-refractivity contribution in [2.24, 2.45) is 4.99 Å². The van der Waals surface area contributed by atoms with E-state index in [0.29, 0.717) is 17.0 Å². The second-order valence-corrected chi connectivity index (χ2v) is 8.51. The van der Waals surface area contributed by atoms with Crippen LogP contribution in [0.5, 0.6) is 0 Å². The van der Waals surface area contributed by atoms with Gasteiger partial charge in [0.1, 0.15) is 0 Å². The van der Waals surface area contributed by atoms with Crippen LogP contribution in [0.1, 0.15) is 38.2 Å². The van der Waals surface area contributed by atoms with Crippen molar-refractivity contribution in [1.82, 2.24) is 4.90 Å². The van der Waals surface area contributed by atoms with Crippen LogP contribution in [-0.2, 0) is 9.59 Å². The van der Waals surface area contributed by atoms with Crippen LogP contribution < -0.4 is 4.90 Å². The number of amides is 2. The fourth-order valence-electron chi connectivity index (χ4n) is 3.69. The molecule has 0 saturated carbocycles. The van der Waals surface area contributed by atoms with E-state index >= 15 is 0 Å². The topological polar surface area (TPSA) is 53.0 Å². The Morgan fingerprint density at radius 1 is 1.15 bits per heavy atom. The highest BCUT2D eigenvalue weighted by atomic mass is 79.9. The molecule has 1 fully saturated rings. The van der Waals surface area contributed by atoms with E-state index in [2.05, 4.69) is 25.8 Å². The van der Waals surface area contributed by atoms with Crippen LogP contribution >= 0.6 is 27.7 Å². The summed E-state index contributed by atoms with van der Waals surface area (Å²) < 4.78 is 0.893. The first-order valence-electron chi connectivity index (χ1n) is 9.02. The van der Waals surface area contributed by atoms with Crippen molar-refractivity contribution in [2.75, 3.05) is 24.5 Å². The second-order valence-electron chi connectivity index (χ2n) is 6.62. The summed E-state index contributed by atoms with van der Waals surface area (Å²) in [5.74, 6) is -0.398. The van der Waals surface area contributed by atoms with Gasteiger partial charge in [-0.2, -0.15) is 4.99 Å². The number of nitrogens with zero attached hydrogens (tertiary/aromatic N) is 3. The van der Waals surface area contributed by atoms with Crippen LogP contribution in [-0.4, -0.2) is 41.5 Å². The molecule has 0 N–H and O–H groups in total. The summed E-state index contributed by atoms with van der Waals surface area (Å²) in [5.41, 5.74) is 2.17. The van der Waals surface area contributed by atoms with E-state index in [0.717, 1.165) is 46.8 Å². The molecule has 0 bridgehead atoms.